The lowest BCUT2D eigenvalue weighted by molar-refractivity contribution is -0.111. The summed E-state index contributed by atoms with van der Waals surface area (Å²) in [5, 5.41) is 9.44. The van der Waals surface area contributed by atoms with Gasteiger partial charge in [-0.3, -0.25) is 9.69 Å². The zero-order valence-electron chi connectivity index (χ0n) is 21.7. The van der Waals surface area contributed by atoms with E-state index >= 15 is 0 Å². The Bertz CT molecular complexity index is 1340. The Morgan fingerprint density at radius 3 is 2.41 bits per heavy atom. The van der Waals surface area contributed by atoms with Crippen LogP contribution >= 0.6 is 23.2 Å². The lowest BCUT2D eigenvalue weighted by Crippen LogP contribution is -2.46. The summed E-state index contributed by atoms with van der Waals surface area (Å²) < 4.78 is 0. The Morgan fingerprint density at radius 2 is 1.74 bits per heavy atom. The van der Waals surface area contributed by atoms with E-state index in [2.05, 4.69) is 49.2 Å². The van der Waals surface area contributed by atoms with Gasteiger partial charge in [0.15, 0.2) is 0 Å². The van der Waals surface area contributed by atoms with Crippen molar-refractivity contribution in [1.29, 1.82) is 0 Å². The molecule has 1 aliphatic heterocycles. The molecular weight excluding hydrogens is 539 g/mol. The molecule has 1 fully saturated rings. The maximum absolute atomic E-state index is 12.9. The van der Waals surface area contributed by atoms with E-state index in [-0.39, 0.29) is 5.91 Å². The number of piperazine rings is 1. The highest BCUT2D eigenvalue weighted by atomic mass is 35.5. The van der Waals surface area contributed by atoms with Crippen molar-refractivity contribution in [2.45, 2.75) is 6.92 Å². The number of benzene rings is 2. The average molecular weight is 569 g/mol. The van der Waals surface area contributed by atoms with Gasteiger partial charge in [0.1, 0.15) is 18.0 Å². The molecule has 0 bridgehead atoms. The number of anilines is 6. The Kier molecular flexibility index (Phi) is 9.23. The third kappa shape index (κ3) is 6.97. The number of nitrogens with zero attached hydrogens (tertiary/aromatic N) is 5. The molecule has 0 aliphatic carbocycles. The standard InChI is InChI=1S/C27H30Cl2N8O2/c1-4-25(38)33-22-15-18(37-13-11-36(5-2)12-14-37)9-10-21(22)32-23-16-24(31-17-30-23)35(3)27(39)34-26-19(28)7-6-8-20(26)29/h4,6-10,15-17H,1,5,11-14H2,2-3H3,(H,33,38)(H,34,39)(H,30,31,32). The molecule has 0 radical (unpaired) electrons. The number of carbonyl (C=O) groups is 2. The van der Waals surface area contributed by atoms with Gasteiger partial charge in [0, 0.05) is 45.0 Å². The minimum Gasteiger partial charge on any atom is -0.369 e. The molecule has 204 valence electrons. The van der Waals surface area contributed by atoms with E-state index in [0.29, 0.717) is 38.7 Å². The highest BCUT2D eigenvalue weighted by Crippen LogP contribution is 2.32. The van der Waals surface area contributed by atoms with Crippen LogP contribution in [0, 0.1) is 0 Å². The van der Waals surface area contributed by atoms with Gasteiger partial charge in [0.2, 0.25) is 5.91 Å². The summed E-state index contributed by atoms with van der Waals surface area (Å²) in [6, 6.07) is 11.9. The molecular formula is C27H30Cl2N8O2. The fourth-order valence-electron chi connectivity index (χ4n) is 4.10. The van der Waals surface area contributed by atoms with Crippen molar-refractivity contribution in [3.05, 3.63) is 71.5 Å². The van der Waals surface area contributed by atoms with E-state index in [1.54, 1.807) is 31.3 Å². The van der Waals surface area contributed by atoms with Crippen molar-refractivity contribution in [2.75, 3.05) is 65.5 Å². The smallest absolute Gasteiger partial charge is 0.327 e. The highest BCUT2D eigenvalue weighted by Gasteiger charge is 2.19. The third-order valence-corrected chi connectivity index (χ3v) is 7.02. The molecule has 0 saturated carbocycles. The molecule has 0 unspecified atom stereocenters. The van der Waals surface area contributed by atoms with E-state index in [1.807, 2.05) is 18.2 Å². The van der Waals surface area contributed by atoms with E-state index in [0.717, 1.165) is 38.4 Å². The van der Waals surface area contributed by atoms with Crippen molar-refractivity contribution < 1.29 is 9.59 Å². The Labute approximate surface area is 237 Å². The molecule has 39 heavy (non-hydrogen) atoms. The van der Waals surface area contributed by atoms with Gasteiger partial charge < -0.3 is 25.8 Å². The lowest BCUT2D eigenvalue weighted by Gasteiger charge is -2.35. The van der Waals surface area contributed by atoms with Gasteiger partial charge in [0.25, 0.3) is 0 Å². The molecule has 1 aliphatic rings. The quantitative estimate of drug-likeness (QED) is 0.310. The zero-order valence-corrected chi connectivity index (χ0v) is 23.3. The van der Waals surface area contributed by atoms with Crippen LogP contribution in [0.2, 0.25) is 10.0 Å². The number of urea groups is 1. The van der Waals surface area contributed by atoms with E-state index in [4.69, 9.17) is 23.2 Å². The molecule has 1 saturated heterocycles. The summed E-state index contributed by atoms with van der Waals surface area (Å²) in [5.74, 6) is 0.424. The maximum atomic E-state index is 12.9. The Hall–Kier alpha value is -3.86. The second-order valence-electron chi connectivity index (χ2n) is 8.82. The van der Waals surface area contributed by atoms with Crippen LogP contribution in [0.4, 0.5) is 39.2 Å². The van der Waals surface area contributed by atoms with E-state index in [9.17, 15) is 9.59 Å². The molecule has 3 N–H and O–H groups in total. The molecule has 3 amide bonds. The highest BCUT2D eigenvalue weighted by molar-refractivity contribution is 6.39. The van der Waals surface area contributed by atoms with Crippen molar-refractivity contribution in [2.24, 2.45) is 0 Å². The van der Waals surface area contributed by atoms with Crippen molar-refractivity contribution in [3.63, 3.8) is 0 Å². The number of hydrogen-bond donors (Lipinski definition) is 3. The lowest BCUT2D eigenvalue weighted by atomic mass is 10.2. The summed E-state index contributed by atoms with van der Waals surface area (Å²) in [4.78, 5) is 39.6. The van der Waals surface area contributed by atoms with Gasteiger partial charge in [-0.1, -0.05) is 42.8 Å². The summed E-state index contributed by atoms with van der Waals surface area (Å²) in [6.07, 6.45) is 2.56. The molecule has 0 atom stereocenters. The van der Waals surface area contributed by atoms with Gasteiger partial charge in [-0.15, -0.1) is 0 Å². The Balaban J connectivity index is 1.53. The van der Waals surface area contributed by atoms with Crippen LogP contribution in [0.1, 0.15) is 6.92 Å². The van der Waals surface area contributed by atoms with Gasteiger partial charge in [-0.2, -0.15) is 0 Å². The molecule has 1 aromatic heterocycles. The average Bonchev–Trinajstić information content (AvgIpc) is 2.95. The number of hydrogen-bond acceptors (Lipinski definition) is 7. The topological polar surface area (TPSA) is 106 Å². The SMILES string of the molecule is C=CC(=O)Nc1cc(N2CCN(CC)CC2)ccc1Nc1cc(N(C)C(=O)Nc2c(Cl)cccc2Cl)ncn1. The molecule has 0 spiro atoms. The summed E-state index contributed by atoms with van der Waals surface area (Å²) >= 11 is 12.4. The molecule has 2 heterocycles. The number of amides is 3. The molecule has 3 aromatic rings. The zero-order chi connectivity index (χ0) is 27.9. The van der Waals surface area contributed by atoms with Crippen LogP contribution < -0.4 is 25.8 Å². The van der Waals surface area contributed by atoms with Crippen molar-refractivity contribution in [3.8, 4) is 0 Å². The van der Waals surface area contributed by atoms with Crippen molar-refractivity contribution >= 4 is 69.5 Å². The van der Waals surface area contributed by atoms with E-state index in [1.165, 1.54) is 17.3 Å². The summed E-state index contributed by atoms with van der Waals surface area (Å²) in [5.41, 5.74) is 2.52. The third-order valence-electron chi connectivity index (χ3n) is 6.39. The largest absolute Gasteiger partial charge is 0.369 e. The van der Waals surface area contributed by atoms with Crippen LogP contribution in [0.3, 0.4) is 0 Å². The maximum Gasteiger partial charge on any atom is 0.327 e. The number of likely N-dealkylation sites (N-methyl/N-ethyl adjacent to an activating group) is 1. The monoisotopic (exact) mass is 568 g/mol. The number of carbonyl (C=O) groups excluding carboxylic acids is 2. The summed E-state index contributed by atoms with van der Waals surface area (Å²) in [6.45, 7) is 10.5. The van der Waals surface area contributed by atoms with Crippen LogP contribution in [0.15, 0.2) is 61.4 Å². The number of para-hydroxylation sites is 1. The number of aromatic nitrogens is 2. The summed E-state index contributed by atoms with van der Waals surface area (Å²) in [7, 11) is 1.56. The molecule has 4 rings (SSSR count). The van der Waals surface area contributed by atoms with Gasteiger partial charge in [-0.25, -0.2) is 14.8 Å². The first-order chi connectivity index (χ1) is 18.8. The van der Waals surface area contributed by atoms with Crippen LogP contribution in [0.5, 0.6) is 0 Å². The Morgan fingerprint density at radius 1 is 1.03 bits per heavy atom. The second-order valence-corrected chi connectivity index (χ2v) is 9.63. The first-order valence-electron chi connectivity index (χ1n) is 12.4. The first kappa shape index (κ1) is 28.2. The predicted molar refractivity (Wildman–Crippen MR) is 159 cm³/mol. The van der Waals surface area contributed by atoms with Crippen LogP contribution in [-0.2, 0) is 4.79 Å². The molecule has 10 nitrogen and oxygen atoms in total. The molecule has 2 aromatic carbocycles. The van der Waals surface area contributed by atoms with E-state index < -0.39 is 6.03 Å². The number of rotatable bonds is 8. The fraction of sp³-hybridized carbons (Fsp3) is 0.259. The number of nitrogens with one attached hydrogen (secondary N) is 3. The van der Waals surface area contributed by atoms with Crippen LogP contribution in [-0.4, -0.2) is 66.6 Å². The second kappa shape index (κ2) is 12.8. The molecule has 12 heteroatoms. The first-order valence-corrected chi connectivity index (χ1v) is 13.2. The van der Waals surface area contributed by atoms with Crippen molar-refractivity contribution in [1.82, 2.24) is 14.9 Å². The fourth-order valence-corrected chi connectivity index (χ4v) is 4.59. The van der Waals surface area contributed by atoms with Gasteiger partial charge in [0.05, 0.1) is 27.1 Å². The van der Waals surface area contributed by atoms with Gasteiger partial charge in [-0.05, 0) is 43.0 Å². The minimum atomic E-state index is -0.485. The van der Waals surface area contributed by atoms with Crippen LogP contribution in [0.25, 0.3) is 0 Å². The predicted octanol–water partition coefficient (Wildman–Crippen LogP) is 5.46. The number of halogens is 2. The van der Waals surface area contributed by atoms with Gasteiger partial charge >= 0.3 is 6.03 Å². The normalized spacial score (nSPS) is 13.5. The minimum absolute atomic E-state index is 0.309.